The number of amides is 1. The Morgan fingerprint density at radius 3 is 3.06 bits per heavy atom. The van der Waals surface area contributed by atoms with Gasteiger partial charge < -0.3 is 9.84 Å². The molecule has 1 atom stereocenters. The van der Waals surface area contributed by atoms with Crippen LogP contribution in [-0.4, -0.2) is 27.3 Å². The molecule has 2 aromatic rings. The Hall–Kier alpha value is -2.15. The number of carbonyl (C=O) groups excluding carboxylic acids is 1. The van der Waals surface area contributed by atoms with Crippen LogP contribution in [0.5, 0.6) is 0 Å². The van der Waals surface area contributed by atoms with Gasteiger partial charge in [0.05, 0.1) is 6.04 Å². The lowest BCUT2D eigenvalue weighted by molar-refractivity contribution is 0.0995. The number of carbonyl (C=O) groups is 1. The van der Waals surface area contributed by atoms with Crippen LogP contribution in [0.1, 0.15) is 35.4 Å². The summed E-state index contributed by atoms with van der Waals surface area (Å²) in [7, 11) is 0. The molecular weight excluding hydrogens is 234 g/mol. The summed E-state index contributed by atoms with van der Waals surface area (Å²) in [6, 6.07) is 3.69. The van der Waals surface area contributed by atoms with Crippen molar-refractivity contribution in [2.24, 2.45) is 0 Å². The van der Waals surface area contributed by atoms with Crippen molar-refractivity contribution in [1.82, 2.24) is 20.1 Å². The lowest BCUT2D eigenvalue weighted by atomic mass is 10.2. The molecular formula is C11H13N5O2. The van der Waals surface area contributed by atoms with Gasteiger partial charge in [-0.2, -0.15) is 4.98 Å². The lowest BCUT2D eigenvalue weighted by Gasteiger charge is -2.02. The van der Waals surface area contributed by atoms with Gasteiger partial charge in [0, 0.05) is 12.4 Å². The van der Waals surface area contributed by atoms with Crippen molar-refractivity contribution in [2.45, 2.75) is 18.9 Å². The maximum absolute atomic E-state index is 11.8. The fourth-order valence-electron chi connectivity index (χ4n) is 1.94. The first-order valence-corrected chi connectivity index (χ1v) is 5.84. The van der Waals surface area contributed by atoms with Crippen molar-refractivity contribution < 1.29 is 9.32 Å². The summed E-state index contributed by atoms with van der Waals surface area (Å²) >= 11 is 0. The molecule has 1 saturated heterocycles. The van der Waals surface area contributed by atoms with Crippen LogP contribution < -0.4 is 10.7 Å². The van der Waals surface area contributed by atoms with E-state index in [1.54, 1.807) is 12.4 Å². The van der Waals surface area contributed by atoms with Crippen LogP contribution in [-0.2, 0) is 0 Å². The van der Waals surface area contributed by atoms with E-state index in [0.29, 0.717) is 5.89 Å². The Bertz CT molecular complexity index is 527. The third-order valence-electron chi connectivity index (χ3n) is 2.84. The van der Waals surface area contributed by atoms with Crippen molar-refractivity contribution in [3.63, 3.8) is 0 Å². The summed E-state index contributed by atoms with van der Waals surface area (Å²) in [5.41, 5.74) is 2.61. The molecule has 1 amide bonds. The van der Waals surface area contributed by atoms with Gasteiger partial charge in [-0.15, -0.1) is 0 Å². The maximum atomic E-state index is 11.8. The zero-order valence-corrected chi connectivity index (χ0v) is 9.67. The maximum Gasteiger partial charge on any atom is 0.311 e. The number of nitrogens with zero attached hydrogens (tertiary/aromatic N) is 3. The zero-order chi connectivity index (χ0) is 12.4. The van der Waals surface area contributed by atoms with Gasteiger partial charge in [0.2, 0.25) is 5.89 Å². The standard InChI is InChI=1S/C11H13N5O2/c17-10(14-16-6-1-2-7-16)9-13-11(18-15-9)8-4-3-5-12-8/h1-2,6-8,12H,3-5H2,(H,14,17). The first-order chi connectivity index (χ1) is 8.83. The molecule has 0 bridgehead atoms. The fourth-order valence-corrected chi connectivity index (χ4v) is 1.94. The minimum absolute atomic E-state index is 0.0485. The van der Waals surface area contributed by atoms with E-state index in [9.17, 15) is 4.79 Å². The van der Waals surface area contributed by atoms with E-state index in [-0.39, 0.29) is 17.8 Å². The number of hydrogen-bond acceptors (Lipinski definition) is 5. The second kappa shape index (κ2) is 4.61. The van der Waals surface area contributed by atoms with Crippen molar-refractivity contribution in [1.29, 1.82) is 0 Å². The van der Waals surface area contributed by atoms with Crippen LogP contribution >= 0.6 is 0 Å². The normalized spacial score (nSPS) is 19.0. The van der Waals surface area contributed by atoms with E-state index in [4.69, 9.17) is 4.52 Å². The van der Waals surface area contributed by atoms with Gasteiger partial charge in [-0.3, -0.25) is 14.9 Å². The van der Waals surface area contributed by atoms with Gasteiger partial charge in [-0.1, -0.05) is 5.16 Å². The summed E-state index contributed by atoms with van der Waals surface area (Å²) in [6.07, 6.45) is 5.48. The molecule has 7 heteroatoms. The minimum Gasteiger partial charge on any atom is -0.337 e. The van der Waals surface area contributed by atoms with Crippen molar-refractivity contribution in [3.8, 4) is 0 Å². The first-order valence-electron chi connectivity index (χ1n) is 5.84. The summed E-state index contributed by atoms with van der Waals surface area (Å²) in [5, 5.41) is 6.93. The quantitative estimate of drug-likeness (QED) is 0.833. The van der Waals surface area contributed by atoms with Crippen LogP contribution in [0.3, 0.4) is 0 Å². The Morgan fingerprint density at radius 1 is 1.50 bits per heavy atom. The van der Waals surface area contributed by atoms with Gasteiger partial charge in [-0.25, -0.2) is 0 Å². The summed E-state index contributed by atoms with van der Waals surface area (Å²) in [4.78, 5) is 15.9. The Morgan fingerprint density at radius 2 is 2.33 bits per heavy atom. The number of rotatable bonds is 3. The second-order valence-corrected chi connectivity index (χ2v) is 4.14. The molecule has 0 aliphatic carbocycles. The van der Waals surface area contributed by atoms with Crippen LogP contribution in [0.2, 0.25) is 0 Å². The van der Waals surface area contributed by atoms with Gasteiger partial charge in [0.15, 0.2) is 0 Å². The van der Waals surface area contributed by atoms with E-state index in [1.807, 2.05) is 12.1 Å². The van der Waals surface area contributed by atoms with Crippen molar-refractivity contribution in [3.05, 3.63) is 36.2 Å². The molecule has 1 aliphatic rings. The monoisotopic (exact) mass is 247 g/mol. The second-order valence-electron chi connectivity index (χ2n) is 4.14. The highest BCUT2D eigenvalue weighted by molar-refractivity contribution is 5.96. The molecule has 1 aliphatic heterocycles. The van der Waals surface area contributed by atoms with Crippen molar-refractivity contribution in [2.75, 3.05) is 12.0 Å². The molecule has 0 aromatic carbocycles. The topological polar surface area (TPSA) is 85.0 Å². The molecule has 1 fully saturated rings. The average molecular weight is 247 g/mol. The molecule has 2 N–H and O–H groups in total. The van der Waals surface area contributed by atoms with Gasteiger partial charge in [-0.05, 0) is 31.5 Å². The highest BCUT2D eigenvalue weighted by atomic mass is 16.5. The minimum atomic E-state index is -0.390. The van der Waals surface area contributed by atoms with Gasteiger partial charge in [0.25, 0.3) is 5.82 Å². The van der Waals surface area contributed by atoms with Gasteiger partial charge >= 0.3 is 5.91 Å². The summed E-state index contributed by atoms with van der Waals surface area (Å²) < 4.78 is 6.63. The van der Waals surface area contributed by atoms with E-state index >= 15 is 0 Å². The summed E-state index contributed by atoms with van der Waals surface area (Å²) in [6.45, 7) is 0.942. The van der Waals surface area contributed by atoms with Crippen LogP contribution in [0.25, 0.3) is 0 Å². The average Bonchev–Trinajstić information content (AvgIpc) is 3.11. The van der Waals surface area contributed by atoms with Crippen LogP contribution in [0.15, 0.2) is 29.0 Å². The van der Waals surface area contributed by atoms with Crippen LogP contribution in [0, 0.1) is 0 Å². The van der Waals surface area contributed by atoms with E-state index < -0.39 is 0 Å². The predicted molar refractivity (Wildman–Crippen MR) is 62.4 cm³/mol. The third-order valence-corrected chi connectivity index (χ3v) is 2.84. The lowest BCUT2D eigenvalue weighted by Crippen LogP contribution is -2.22. The number of hydrogen-bond donors (Lipinski definition) is 2. The first kappa shape index (κ1) is 11.0. The molecule has 18 heavy (non-hydrogen) atoms. The number of nitrogens with one attached hydrogen (secondary N) is 2. The van der Waals surface area contributed by atoms with E-state index in [2.05, 4.69) is 20.9 Å². The Kier molecular flexibility index (Phi) is 2.81. The molecule has 7 nitrogen and oxygen atoms in total. The molecule has 0 radical (unpaired) electrons. The molecule has 0 spiro atoms. The summed E-state index contributed by atoms with van der Waals surface area (Å²) in [5.74, 6) is 0.136. The highest BCUT2D eigenvalue weighted by Crippen LogP contribution is 2.20. The molecule has 3 heterocycles. The Balaban J connectivity index is 1.70. The molecule has 94 valence electrons. The molecule has 1 unspecified atom stereocenters. The SMILES string of the molecule is O=C(Nn1cccc1)c1noc(C2CCCN2)n1. The van der Waals surface area contributed by atoms with Crippen molar-refractivity contribution >= 4 is 5.91 Å². The third kappa shape index (κ3) is 2.12. The van der Waals surface area contributed by atoms with E-state index in [0.717, 1.165) is 19.4 Å². The zero-order valence-electron chi connectivity index (χ0n) is 9.67. The Labute approximate surface area is 103 Å². The highest BCUT2D eigenvalue weighted by Gasteiger charge is 2.24. The molecule has 2 aromatic heterocycles. The van der Waals surface area contributed by atoms with Gasteiger partial charge in [0.1, 0.15) is 0 Å². The molecule has 0 saturated carbocycles. The smallest absolute Gasteiger partial charge is 0.311 e. The van der Waals surface area contributed by atoms with E-state index in [1.165, 1.54) is 4.68 Å². The predicted octanol–water partition coefficient (Wildman–Crippen LogP) is 0.679. The fraction of sp³-hybridized carbons (Fsp3) is 0.364. The largest absolute Gasteiger partial charge is 0.337 e. The number of aromatic nitrogens is 3. The van der Waals surface area contributed by atoms with Crippen LogP contribution in [0.4, 0.5) is 0 Å². The molecule has 3 rings (SSSR count).